The molecule has 0 bridgehead atoms. The highest BCUT2D eigenvalue weighted by molar-refractivity contribution is 7.80. The van der Waals surface area contributed by atoms with Gasteiger partial charge in [-0.2, -0.15) is 0 Å². The van der Waals surface area contributed by atoms with Crippen LogP contribution in [-0.4, -0.2) is 75.6 Å². The molecule has 2 aromatic carbocycles. The van der Waals surface area contributed by atoms with Gasteiger partial charge in [-0.15, -0.1) is 0 Å². The second-order valence-corrected chi connectivity index (χ2v) is 13.8. The largest absolute Gasteiger partial charge is 0.493 e. The van der Waals surface area contributed by atoms with Crippen LogP contribution in [0.25, 0.3) is 0 Å². The first-order valence-electron chi connectivity index (χ1n) is 17.7. The number of hydrogen-bond donors (Lipinski definition) is 1. The van der Waals surface area contributed by atoms with Gasteiger partial charge in [-0.25, -0.2) is 0 Å². The predicted octanol–water partition coefficient (Wildman–Crippen LogP) is 7.37. The van der Waals surface area contributed by atoms with Crippen molar-refractivity contribution in [2.45, 2.75) is 96.6 Å². The summed E-state index contributed by atoms with van der Waals surface area (Å²) in [5, 5.41) is 4.63. The number of piperidine rings is 1. The predicted molar refractivity (Wildman–Crippen MR) is 191 cm³/mol. The normalized spacial score (nSPS) is 22.6. The standard InChI is InChI=1S/C38H57N3O4S/c1-7-9-10-11-12-13-16-39-38(46)41-18-15-27-20-34(42-3)36(44-5)22-29(27)19-33(41)30-23-32-31-24-37(45-6)35(43-4)21-28(31)14-17-40(32)25-26(30)8-2/h20-22,24,26,30,32-33H,7-19,23,25H2,1-6H3,(H,39,46). The van der Waals surface area contributed by atoms with Crippen molar-refractivity contribution < 1.29 is 18.9 Å². The third-order valence-electron chi connectivity index (χ3n) is 10.9. The summed E-state index contributed by atoms with van der Waals surface area (Å²) < 4.78 is 23.0. The van der Waals surface area contributed by atoms with Crippen molar-refractivity contribution in [1.82, 2.24) is 15.1 Å². The zero-order valence-corrected chi connectivity index (χ0v) is 30.0. The summed E-state index contributed by atoms with van der Waals surface area (Å²) in [5.74, 6) is 4.33. The van der Waals surface area contributed by atoms with Crippen molar-refractivity contribution >= 4 is 17.3 Å². The first kappa shape index (κ1) is 34.6. The van der Waals surface area contributed by atoms with Gasteiger partial charge >= 0.3 is 0 Å². The smallest absolute Gasteiger partial charge is 0.169 e. The van der Waals surface area contributed by atoms with Crippen LogP contribution in [0.15, 0.2) is 24.3 Å². The molecule has 7 nitrogen and oxygen atoms in total. The van der Waals surface area contributed by atoms with Crippen LogP contribution in [0.3, 0.4) is 0 Å². The zero-order valence-electron chi connectivity index (χ0n) is 29.2. The van der Waals surface area contributed by atoms with Gasteiger partial charge in [0.05, 0.1) is 28.4 Å². The maximum absolute atomic E-state index is 6.25. The molecular formula is C38H57N3O4S. The van der Waals surface area contributed by atoms with E-state index in [1.807, 2.05) is 0 Å². The summed E-state index contributed by atoms with van der Waals surface area (Å²) >= 11 is 6.25. The van der Waals surface area contributed by atoms with Crippen molar-refractivity contribution in [1.29, 1.82) is 0 Å². The fourth-order valence-corrected chi connectivity index (χ4v) is 8.66. The Balaban J connectivity index is 1.45. The molecule has 4 unspecified atom stereocenters. The van der Waals surface area contributed by atoms with Crippen LogP contribution in [0.4, 0.5) is 0 Å². The highest BCUT2D eigenvalue weighted by Gasteiger charge is 2.44. The van der Waals surface area contributed by atoms with E-state index in [9.17, 15) is 0 Å². The molecule has 2 aromatic rings. The molecule has 1 N–H and O–H groups in total. The minimum atomic E-state index is 0.293. The molecule has 0 saturated carbocycles. The van der Waals surface area contributed by atoms with Crippen LogP contribution < -0.4 is 24.3 Å². The Morgan fingerprint density at radius 1 is 0.783 bits per heavy atom. The average molecular weight is 652 g/mol. The van der Waals surface area contributed by atoms with Crippen LogP contribution in [0.2, 0.25) is 0 Å². The number of ether oxygens (including phenoxy) is 4. The van der Waals surface area contributed by atoms with Gasteiger partial charge in [-0.05, 0) is 103 Å². The Hall–Kier alpha value is -2.71. The molecule has 1 fully saturated rings. The van der Waals surface area contributed by atoms with Crippen LogP contribution >= 0.6 is 12.2 Å². The highest BCUT2D eigenvalue weighted by atomic mass is 32.1. The molecule has 0 aliphatic carbocycles. The molecule has 254 valence electrons. The first-order valence-corrected chi connectivity index (χ1v) is 18.1. The summed E-state index contributed by atoms with van der Waals surface area (Å²) in [6.45, 7) is 8.69. The van der Waals surface area contributed by atoms with Crippen LogP contribution in [0, 0.1) is 11.8 Å². The van der Waals surface area contributed by atoms with Gasteiger partial charge in [0.2, 0.25) is 0 Å². The Morgan fingerprint density at radius 2 is 1.39 bits per heavy atom. The second kappa shape index (κ2) is 16.4. The molecule has 8 heteroatoms. The fourth-order valence-electron chi connectivity index (χ4n) is 8.33. The minimum absolute atomic E-state index is 0.293. The van der Waals surface area contributed by atoms with E-state index in [0.717, 1.165) is 92.8 Å². The molecule has 1 saturated heterocycles. The molecule has 46 heavy (non-hydrogen) atoms. The lowest BCUT2D eigenvalue weighted by atomic mass is 9.71. The van der Waals surface area contributed by atoms with E-state index in [1.165, 1.54) is 54.4 Å². The molecule has 0 spiro atoms. The lowest BCUT2D eigenvalue weighted by Crippen LogP contribution is -2.56. The van der Waals surface area contributed by atoms with E-state index >= 15 is 0 Å². The molecule has 4 atom stereocenters. The number of nitrogens with one attached hydrogen (secondary N) is 1. The number of unbranched alkanes of at least 4 members (excludes halogenated alkanes) is 5. The van der Waals surface area contributed by atoms with E-state index in [0.29, 0.717) is 23.9 Å². The molecule has 0 radical (unpaired) electrons. The number of nitrogens with zero attached hydrogens (tertiary/aromatic N) is 2. The third kappa shape index (κ3) is 7.54. The van der Waals surface area contributed by atoms with E-state index in [1.54, 1.807) is 28.4 Å². The first-order chi connectivity index (χ1) is 22.5. The second-order valence-electron chi connectivity index (χ2n) is 13.4. The zero-order chi connectivity index (χ0) is 32.6. The van der Waals surface area contributed by atoms with Gasteiger partial charge in [-0.3, -0.25) is 4.90 Å². The van der Waals surface area contributed by atoms with Gasteiger partial charge in [-0.1, -0.05) is 52.4 Å². The Morgan fingerprint density at radius 3 is 2.07 bits per heavy atom. The topological polar surface area (TPSA) is 55.4 Å². The monoisotopic (exact) mass is 651 g/mol. The van der Waals surface area contributed by atoms with Crippen molar-refractivity contribution in [2.75, 3.05) is 54.6 Å². The van der Waals surface area contributed by atoms with Gasteiger partial charge in [0, 0.05) is 38.3 Å². The van der Waals surface area contributed by atoms with Crippen LogP contribution in [-0.2, 0) is 19.3 Å². The molecule has 0 aromatic heterocycles. The summed E-state index contributed by atoms with van der Waals surface area (Å²) in [6.07, 6.45) is 12.9. The van der Waals surface area contributed by atoms with Gasteiger partial charge in [0.1, 0.15) is 0 Å². The number of thiocarbonyl (C=S) groups is 1. The Bertz CT molecular complexity index is 1320. The third-order valence-corrected chi connectivity index (χ3v) is 11.3. The number of hydrogen-bond acceptors (Lipinski definition) is 6. The summed E-state index contributed by atoms with van der Waals surface area (Å²) in [5.41, 5.74) is 5.49. The van der Waals surface area contributed by atoms with E-state index in [4.69, 9.17) is 31.2 Å². The maximum atomic E-state index is 6.25. The fraction of sp³-hybridized carbons (Fsp3) is 0.658. The number of rotatable bonds is 13. The van der Waals surface area contributed by atoms with Gasteiger partial charge in [0.15, 0.2) is 28.1 Å². The van der Waals surface area contributed by atoms with Gasteiger partial charge < -0.3 is 29.2 Å². The van der Waals surface area contributed by atoms with Crippen molar-refractivity contribution in [2.24, 2.45) is 11.8 Å². The molecule has 3 aliphatic heterocycles. The van der Waals surface area contributed by atoms with E-state index in [2.05, 4.69) is 53.2 Å². The average Bonchev–Trinajstić information content (AvgIpc) is 3.28. The summed E-state index contributed by atoms with van der Waals surface area (Å²) in [4.78, 5) is 5.30. The van der Waals surface area contributed by atoms with E-state index < -0.39 is 0 Å². The van der Waals surface area contributed by atoms with Gasteiger partial charge in [0.25, 0.3) is 0 Å². The van der Waals surface area contributed by atoms with Crippen molar-refractivity contribution in [3.8, 4) is 23.0 Å². The maximum Gasteiger partial charge on any atom is 0.169 e. The number of benzene rings is 2. The van der Waals surface area contributed by atoms with Crippen LogP contribution in [0.1, 0.15) is 93.5 Å². The molecule has 0 amide bonds. The van der Waals surface area contributed by atoms with Crippen molar-refractivity contribution in [3.63, 3.8) is 0 Å². The van der Waals surface area contributed by atoms with E-state index in [-0.39, 0.29) is 0 Å². The minimum Gasteiger partial charge on any atom is -0.493 e. The Kier molecular flexibility index (Phi) is 12.3. The number of fused-ring (bicyclic) bond motifs is 4. The molecular weight excluding hydrogens is 595 g/mol. The highest BCUT2D eigenvalue weighted by Crippen LogP contribution is 2.47. The molecule has 5 rings (SSSR count). The van der Waals surface area contributed by atoms with Crippen LogP contribution in [0.5, 0.6) is 23.0 Å². The SMILES string of the molecule is CCCCCCCCNC(=S)N1CCc2cc(OC)c(OC)cc2CC1C1CC2c3cc(OC)c(OC)cc3CCN2CC1CC. The van der Waals surface area contributed by atoms with Crippen molar-refractivity contribution in [3.05, 3.63) is 46.5 Å². The lowest BCUT2D eigenvalue weighted by Gasteiger charge is -2.51. The lowest BCUT2D eigenvalue weighted by molar-refractivity contribution is 0.0189. The molecule has 3 heterocycles. The summed E-state index contributed by atoms with van der Waals surface area (Å²) in [7, 11) is 6.93. The Labute approximate surface area is 283 Å². The molecule has 3 aliphatic rings. The summed E-state index contributed by atoms with van der Waals surface area (Å²) in [6, 6.07) is 9.52. The quantitative estimate of drug-likeness (QED) is 0.178. The number of methoxy groups -OCH3 is 4.